The number of carbonyl (C=O) groups is 1. The molecule has 2 atom stereocenters. The molecule has 0 spiro atoms. The molecule has 0 aromatic heterocycles. The van der Waals surface area contributed by atoms with Crippen LogP contribution in [0.15, 0.2) is 42.5 Å². The molecule has 0 saturated carbocycles. The van der Waals surface area contributed by atoms with Gasteiger partial charge >= 0.3 is 0 Å². The zero-order valence-corrected chi connectivity index (χ0v) is 16.8. The van der Waals surface area contributed by atoms with E-state index in [0.29, 0.717) is 6.42 Å². The first-order valence-corrected chi connectivity index (χ1v) is 10.3. The van der Waals surface area contributed by atoms with Crippen molar-refractivity contribution >= 4 is 5.91 Å². The summed E-state index contributed by atoms with van der Waals surface area (Å²) in [6.07, 6.45) is 5.92. The minimum Gasteiger partial charge on any atom is -0.481 e. The predicted octanol–water partition coefficient (Wildman–Crippen LogP) is 5.30. The number of nitrogens with one attached hydrogen (secondary N) is 1. The quantitative estimate of drug-likeness (QED) is 0.723. The zero-order valence-electron chi connectivity index (χ0n) is 16.8. The van der Waals surface area contributed by atoms with Crippen LogP contribution in [0, 0.1) is 6.92 Å². The number of fused-ring (bicyclic) bond motifs is 1. The molecule has 1 aliphatic rings. The molecule has 3 heteroatoms. The van der Waals surface area contributed by atoms with Crippen molar-refractivity contribution in [2.24, 2.45) is 0 Å². The van der Waals surface area contributed by atoms with Gasteiger partial charge in [-0.2, -0.15) is 0 Å². The summed E-state index contributed by atoms with van der Waals surface area (Å²) in [5.74, 6) is 0.711. The molecule has 144 valence electrons. The fourth-order valence-electron chi connectivity index (χ4n) is 3.83. The molecule has 0 aliphatic heterocycles. The van der Waals surface area contributed by atoms with Crippen molar-refractivity contribution in [1.29, 1.82) is 0 Å². The average Bonchev–Trinajstić information content (AvgIpc) is 2.69. The largest absolute Gasteiger partial charge is 0.481 e. The first-order valence-electron chi connectivity index (χ1n) is 10.3. The first-order chi connectivity index (χ1) is 13.1. The number of hydrogen-bond acceptors (Lipinski definition) is 2. The Morgan fingerprint density at radius 2 is 1.81 bits per heavy atom. The Bertz CT molecular complexity index is 784. The maximum atomic E-state index is 12.9. The van der Waals surface area contributed by atoms with Crippen LogP contribution in [0.4, 0.5) is 0 Å². The molecule has 3 rings (SSSR count). The van der Waals surface area contributed by atoms with E-state index in [0.717, 1.165) is 24.2 Å². The molecule has 1 N–H and O–H groups in total. The minimum atomic E-state index is -0.474. The fourth-order valence-corrected chi connectivity index (χ4v) is 3.83. The van der Waals surface area contributed by atoms with Crippen LogP contribution in [0.5, 0.6) is 5.75 Å². The van der Waals surface area contributed by atoms with Crippen LogP contribution < -0.4 is 10.1 Å². The van der Waals surface area contributed by atoms with Crippen molar-refractivity contribution in [3.05, 3.63) is 64.7 Å². The van der Waals surface area contributed by atoms with E-state index in [1.807, 2.05) is 38.1 Å². The number of ether oxygens (including phenoxy) is 1. The van der Waals surface area contributed by atoms with Gasteiger partial charge in [-0.1, -0.05) is 44.2 Å². The number of amides is 1. The highest BCUT2D eigenvalue weighted by Crippen LogP contribution is 2.26. The van der Waals surface area contributed by atoms with Crippen LogP contribution in [0.2, 0.25) is 0 Å². The van der Waals surface area contributed by atoms with Gasteiger partial charge in [0.1, 0.15) is 5.75 Å². The Balaban J connectivity index is 1.69. The van der Waals surface area contributed by atoms with Crippen LogP contribution in [-0.4, -0.2) is 12.0 Å². The lowest BCUT2D eigenvalue weighted by molar-refractivity contribution is -0.128. The number of aryl methyl sites for hydroxylation is 3. The lowest BCUT2D eigenvalue weighted by atomic mass is 9.88. The smallest absolute Gasteiger partial charge is 0.261 e. The number of carbonyl (C=O) groups excluding carboxylic acids is 1. The average molecular weight is 366 g/mol. The highest BCUT2D eigenvalue weighted by atomic mass is 16.5. The van der Waals surface area contributed by atoms with E-state index >= 15 is 0 Å². The third-order valence-corrected chi connectivity index (χ3v) is 5.43. The fraction of sp³-hybridized carbons (Fsp3) is 0.458. The Kier molecular flexibility index (Phi) is 6.54. The molecule has 2 aromatic rings. The monoisotopic (exact) mass is 365 g/mol. The van der Waals surface area contributed by atoms with E-state index in [2.05, 4.69) is 30.4 Å². The molecule has 0 saturated heterocycles. The highest BCUT2D eigenvalue weighted by Gasteiger charge is 2.22. The second-order valence-electron chi connectivity index (χ2n) is 7.54. The van der Waals surface area contributed by atoms with Gasteiger partial charge < -0.3 is 10.1 Å². The summed E-state index contributed by atoms with van der Waals surface area (Å²) in [5.41, 5.74) is 5.26. The standard InChI is InChI=1S/C24H31NO2/c1-4-22(20-14-13-18-10-6-7-11-19(18)16-20)25-24(26)23(5-2)27-21-12-8-9-17(3)15-21/h8-9,12-16,22-23H,4-7,10-11H2,1-3H3,(H,25,26). The van der Waals surface area contributed by atoms with Crippen molar-refractivity contribution in [3.63, 3.8) is 0 Å². The lowest BCUT2D eigenvalue weighted by Gasteiger charge is -2.24. The van der Waals surface area contributed by atoms with Crippen molar-refractivity contribution < 1.29 is 9.53 Å². The van der Waals surface area contributed by atoms with Gasteiger partial charge in [0.2, 0.25) is 0 Å². The summed E-state index contributed by atoms with van der Waals surface area (Å²) in [6, 6.07) is 14.6. The topological polar surface area (TPSA) is 38.3 Å². The maximum absolute atomic E-state index is 12.9. The third-order valence-electron chi connectivity index (χ3n) is 5.43. The zero-order chi connectivity index (χ0) is 19.2. The minimum absolute atomic E-state index is 0.0277. The van der Waals surface area contributed by atoms with E-state index in [1.165, 1.54) is 36.0 Å². The van der Waals surface area contributed by atoms with Crippen molar-refractivity contribution in [1.82, 2.24) is 5.32 Å². The molecule has 1 amide bonds. The second-order valence-corrected chi connectivity index (χ2v) is 7.54. The molecule has 2 unspecified atom stereocenters. The van der Waals surface area contributed by atoms with Gasteiger partial charge in [-0.3, -0.25) is 4.79 Å². The van der Waals surface area contributed by atoms with Gasteiger partial charge in [-0.15, -0.1) is 0 Å². The number of benzene rings is 2. The van der Waals surface area contributed by atoms with Crippen LogP contribution in [0.3, 0.4) is 0 Å². The Morgan fingerprint density at radius 1 is 1.04 bits per heavy atom. The molecule has 0 radical (unpaired) electrons. The summed E-state index contributed by atoms with van der Waals surface area (Å²) in [6.45, 7) is 6.13. The highest BCUT2D eigenvalue weighted by molar-refractivity contribution is 5.81. The predicted molar refractivity (Wildman–Crippen MR) is 110 cm³/mol. The van der Waals surface area contributed by atoms with Gasteiger partial charge in [0, 0.05) is 0 Å². The van der Waals surface area contributed by atoms with E-state index in [1.54, 1.807) is 0 Å². The normalized spacial score (nSPS) is 15.5. The Morgan fingerprint density at radius 3 is 2.52 bits per heavy atom. The second kappa shape index (κ2) is 9.07. The molecule has 0 bridgehead atoms. The summed E-state index contributed by atoms with van der Waals surface area (Å²) in [4.78, 5) is 12.9. The Labute approximate surface area is 163 Å². The van der Waals surface area contributed by atoms with Crippen LogP contribution in [-0.2, 0) is 17.6 Å². The van der Waals surface area contributed by atoms with Crippen LogP contribution in [0.25, 0.3) is 0 Å². The Hall–Kier alpha value is -2.29. The summed E-state index contributed by atoms with van der Waals surface area (Å²) in [7, 11) is 0. The van der Waals surface area contributed by atoms with E-state index in [-0.39, 0.29) is 11.9 Å². The summed E-state index contributed by atoms with van der Waals surface area (Å²) in [5, 5.41) is 3.21. The number of hydrogen-bond donors (Lipinski definition) is 1. The van der Waals surface area contributed by atoms with E-state index in [4.69, 9.17) is 4.74 Å². The summed E-state index contributed by atoms with van der Waals surface area (Å²) < 4.78 is 5.97. The van der Waals surface area contributed by atoms with Crippen molar-refractivity contribution in [3.8, 4) is 5.75 Å². The first kappa shape index (κ1) is 19.5. The van der Waals surface area contributed by atoms with Crippen LogP contribution >= 0.6 is 0 Å². The van der Waals surface area contributed by atoms with Gasteiger partial charge in [0.25, 0.3) is 5.91 Å². The lowest BCUT2D eigenvalue weighted by Crippen LogP contribution is -2.40. The van der Waals surface area contributed by atoms with Gasteiger partial charge in [-0.05, 0) is 79.8 Å². The number of rotatable bonds is 7. The van der Waals surface area contributed by atoms with Crippen LogP contribution in [0.1, 0.15) is 67.8 Å². The van der Waals surface area contributed by atoms with Gasteiger partial charge in [-0.25, -0.2) is 0 Å². The summed E-state index contributed by atoms with van der Waals surface area (Å²) >= 11 is 0. The van der Waals surface area contributed by atoms with Crippen molar-refractivity contribution in [2.45, 2.75) is 71.4 Å². The maximum Gasteiger partial charge on any atom is 0.261 e. The molecule has 3 nitrogen and oxygen atoms in total. The molecule has 1 aliphatic carbocycles. The van der Waals surface area contributed by atoms with E-state index in [9.17, 15) is 4.79 Å². The SMILES string of the molecule is CCC(Oc1cccc(C)c1)C(=O)NC(CC)c1ccc2c(c1)CCCC2. The molecule has 2 aromatic carbocycles. The third kappa shape index (κ3) is 4.91. The molecule has 0 heterocycles. The van der Waals surface area contributed by atoms with E-state index < -0.39 is 6.10 Å². The molecule has 0 fully saturated rings. The molecular weight excluding hydrogens is 334 g/mol. The van der Waals surface area contributed by atoms with Gasteiger partial charge in [0.15, 0.2) is 6.10 Å². The van der Waals surface area contributed by atoms with Crippen molar-refractivity contribution in [2.75, 3.05) is 0 Å². The van der Waals surface area contributed by atoms with Gasteiger partial charge in [0.05, 0.1) is 6.04 Å². The molecule has 27 heavy (non-hydrogen) atoms. The molecular formula is C24H31NO2.